The second-order valence-corrected chi connectivity index (χ2v) is 4.98. The number of carbonyl (C=O) groups excluding carboxylic acids is 1. The molecular formula is C12H15ClN2O2. The predicted octanol–water partition coefficient (Wildman–Crippen LogP) is 1.70. The number of ether oxygens (including phenoxy) is 1. The average Bonchev–Trinajstić information content (AvgIpc) is 2.21. The van der Waals surface area contributed by atoms with Gasteiger partial charge in [0.05, 0.1) is 18.8 Å². The summed E-state index contributed by atoms with van der Waals surface area (Å²) in [6, 6.07) is 5.38. The second kappa shape index (κ2) is 4.64. The van der Waals surface area contributed by atoms with Gasteiger partial charge >= 0.3 is 0 Å². The highest BCUT2D eigenvalue weighted by Gasteiger charge is 2.36. The van der Waals surface area contributed by atoms with Gasteiger partial charge in [-0.25, -0.2) is 0 Å². The van der Waals surface area contributed by atoms with E-state index in [0.29, 0.717) is 18.2 Å². The number of hydrogen-bond donors (Lipinski definition) is 2. The van der Waals surface area contributed by atoms with Crippen LogP contribution < -0.4 is 11.1 Å². The van der Waals surface area contributed by atoms with Crippen LogP contribution in [0.1, 0.15) is 12.0 Å². The quantitative estimate of drug-likeness (QED) is 0.863. The van der Waals surface area contributed by atoms with Crippen molar-refractivity contribution in [3.05, 3.63) is 28.8 Å². The molecule has 2 rings (SSSR count). The zero-order chi connectivity index (χ0) is 12.5. The average molecular weight is 255 g/mol. The van der Waals surface area contributed by atoms with E-state index in [2.05, 4.69) is 5.32 Å². The van der Waals surface area contributed by atoms with Gasteiger partial charge in [0.15, 0.2) is 0 Å². The number of hydrogen-bond acceptors (Lipinski definition) is 3. The molecule has 4 nitrogen and oxygen atoms in total. The summed E-state index contributed by atoms with van der Waals surface area (Å²) in [7, 11) is 0. The molecule has 17 heavy (non-hydrogen) atoms. The number of anilines is 1. The number of rotatable bonds is 3. The molecule has 1 aliphatic rings. The molecule has 1 aromatic carbocycles. The van der Waals surface area contributed by atoms with Gasteiger partial charge in [-0.3, -0.25) is 4.79 Å². The van der Waals surface area contributed by atoms with Crippen molar-refractivity contribution >= 4 is 23.2 Å². The topological polar surface area (TPSA) is 64.4 Å². The van der Waals surface area contributed by atoms with Gasteiger partial charge in [-0.2, -0.15) is 0 Å². The normalized spacial score (nSPS) is 17.4. The Morgan fingerprint density at radius 2 is 2.29 bits per heavy atom. The maximum atomic E-state index is 11.8. The summed E-state index contributed by atoms with van der Waals surface area (Å²) < 4.78 is 5.01. The van der Waals surface area contributed by atoms with E-state index in [-0.39, 0.29) is 12.3 Å². The lowest BCUT2D eigenvalue weighted by Gasteiger charge is -2.37. The summed E-state index contributed by atoms with van der Waals surface area (Å²) in [5.41, 5.74) is 7.11. The summed E-state index contributed by atoms with van der Waals surface area (Å²) in [5.74, 6) is -0.110. The Morgan fingerprint density at radius 1 is 1.59 bits per heavy atom. The lowest BCUT2D eigenvalue weighted by Crippen LogP contribution is -2.58. The van der Waals surface area contributed by atoms with Crippen molar-refractivity contribution in [3.63, 3.8) is 0 Å². The van der Waals surface area contributed by atoms with Crippen molar-refractivity contribution in [1.82, 2.24) is 0 Å². The van der Waals surface area contributed by atoms with Crippen molar-refractivity contribution in [3.8, 4) is 0 Å². The fourth-order valence-electron chi connectivity index (χ4n) is 1.71. The van der Waals surface area contributed by atoms with Crippen molar-refractivity contribution in [1.29, 1.82) is 0 Å². The molecule has 0 aliphatic carbocycles. The van der Waals surface area contributed by atoms with Crippen LogP contribution in [0.15, 0.2) is 18.2 Å². The van der Waals surface area contributed by atoms with E-state index >= 15 is 0 Å². The van der Waals surface area contributed by atoms with E-state index in [1.807, 2.05) is 13.0 Å². The number of nitrogens with one attached hydrogen (secondary N) is 1. The summed E-state index contributed by atoms with van der Waals surface area (Å²) in [6.45, 7) is 2.79. The lowest BCUT2D eigenvalue weighted by molar-refractivity contribution is -0.123. The minimum absolute atomic E-state index is 0.110. The van der Waals surface area contributed by atoms with Crippen LogP contribution in [0, 0.1) is 6.92 Å². The van der Waals surface area contributed by atoms with E-state index < -0.39 is 5.54 Å². The summed E-state index contributed by atoms with van der Waals surface area (Å²) in [4.78, 5) is 11.8. The molecule has 1 aromatic rings. The Kier molecular flexibility index (Phi) is 3.38. The molecule has 3 N–H and O–H groups in total. The fourth-order valence-corrected chi connectivity index (χ4v) is 1.88. The van der Waals surface area contributed by atoms with Gasteiger partial charge in [0, 0.05) is 17.1 Å². The molecule has 1 saturated heterocycles. The van der Waals surface area contributed by atoms with Crippen LogP contribution in [0.3, 0.4) is 0 Å². The van der Waals surface area contributed by atoms with Crippen LogP contribution in [-0.4, -0.2) is 24.7 Å². The monoisotopic (exact) mass is 254 g/mol. The fraction of sp³-hybridized carbons (Fsp3) is 0.417. The third kappa shape index (κ3) is 2.97. The highest BCUT2D eigenvalue weighted by molar-refractivity contribution is 6.31. The Morgan fingerprint density at radius 3 is 2.88 bits per heavy atom. The third-order valence-corrected chi connectivity index (χ3v) is 3.00. The summed E-state index contributed by atoms with van der Waals surface area (Å²) >= 11 is 5.88. The Balaban J connectivity index is 2.00. The van der Waals surface area contributed by atoms with Crippen molar-refractivity contribution < 1.29 is 9.53 Å². The van der Waals surface area contributed by atoms with Crippen molar-refractivity contribution in [2.75, 3.05) is 18.5 Å². The largest absolute Gasteiger partial charge is 0.377 e. The molecule has 1 fully saturated rings. The van der Waals surface area contributed by atoms with Crippen LogP contribution >= 0.6 is 11.6 Å². The molecule has 1 amide bonds. The van der Waals surface area contributed by atoms with Crippen molar-refractivity contribution in [2.45, 2.75) is 18.9 Å². The highest BCUT2D eigenvalue weighted by atomic mass is 35.5. The van der Waals surface area contributed by atoms with Crippen LogP contribution in [0.25, 0.3) is 0 Å². The smallest absolute Gasteiger partial charge is 0.226 e. The van der Waals surface area contributed by atoms with Gasteiger partial charge in [-0.15, -0.1) is 0 Å². The Hall–Kier alpha value is -1.10. The number of aryl methyl sites for hydroxylation is 1. The highest BCUT2D eigenvalue weighted by Crippen LogP contribution is 2.22. The molecule has 0 bridgehead atoms. The summed E-state index contributed by atoms with van der Waals surface area (Å²) in [5, 5.41) is 3.41. The van der Waals surface area contributed by atoms with Gasteiger partial charge in [0.2, 0.25) is 5.91 Å². The molecule has 0 atom stereocenters. The molecule has 0 unspecified atom stereocenters. The molecule has 0 spiro atoms. The molecule has 5 heteroatoms. The number of amides is 1. The minimum atomic E-state index is -0.503. The predicted molar refractivity (Wildman–Crippen MR) is 67.2 cm³/mol. The number of benzene rings is 1. The van der Waals surface area contributed by atoms with E-state index in [1.165, 1.54) is 0 Å². The van der Waals surface area contributed by atoms with Gasteiger partial charge in [-0.1, -0.05) is 17.7 Å². The Bertz CT molecular complexity index is 444. The van der Waals surface area contributed by atoms with Crippen LogP contribution in [0.2, 0.25) is 5.02 Å². The zero-order valence-corrected chi connectivity index (χ0v) is 10.4. The molecule has 0 aromatic heterocycles. The van der Waals surface area contributed by atoms with E-state index in [0.717, 1.165) is 11.3 Å². The molecule has 0 radical (unpaired) electrons. The molecule has 1 aliphatic heterocycles. The number of nitrogens with two attached hydrogens (primary N) is 1. The van der Waals surface area contributed by atoms with Crippen LogP contribution in [-0.2, 0) is 9.53 Å². The van der Waals surface area contributed by atoms with Gasteiger partial charge < -0.3 is 15.8 Å². The first-order valence-electron chi connectivity index (χ1n) is 5.41. The van der Waals surface area contributed by atoms with Crippen LogP contribution in [0.4, 0.5) is 5.69 Å². The molecular weight excluding hydrogens is 240 g/mol. The van der Waals surface area contributed by atoms with Crippen molar-refractivity contribution in [2.24, 2.45) is 5.73 Å². The summed E-state index contributed by atoms with van der Waals surface area (Å²) in [6.07, 6.45) is 0.263. The minimum Gasteiger partial charge on any atom is -0.377 e. The van der Waals surface area contributed by atoms with Gasteiger partial charge in [0.25, 0.3) is 0 Å². The molecule has 1 heterocycles. The van der Waals surface area contributed by atoms with E-state index in [1.54, 1.807) is 12.1 Å². The zero-order valence-electron chi connectivity index (χ0n) is 9.63. The maximum Gasteiger partial charge on any atom is 0.226 e. The Labute approximate surface area is 105 Å². The van der Waals surface area contributed by atoms with E-state index in [4.69, 9.17) is 22.1 Å². The second-order valence-electron chi connectivity index (χ2n) is 4.54. The standard InChI is InChI=1S/C12H15ClN2O2/c1-8-2-3-9(13)4-10(8)15-11(16)5-12(14)6-17-7-12/h2-4H,5-7,14H2,1H3,(H,15,16). The van der Waals surface area contributed by atoms with Gasteiger partial charge in [0.1, 0.15) is 0 Å². The first-order valence-corrected chi connectivity index (χ1v) is 5.79. The lowest BCUT2D eigenvalue weighted by atomic mass is 9.94. The first-order chi connectivity index (χ1) is 7.98. The third-order valence-electron chi connectivity index (χ3n) is 2.77. The van der Waals surface area contributed by atoms with Crippen LogP contribution in [0.5, 0.6) is 0 Å². The van der Waals surface area contributed by atoms with E-state index in [9.17, 15) is 4.79 Å². The SMILES string of the molecule is Cc1ccc(Cl)cc1NC(=O)CC1(N)COC1. The molecule has 92 valence electrons. The van der Waals surface area contributed by atoms with Gasteiger partial charge in [-0.05, 0) is 24.6 Å². The first kappa shape index (κ1) is 12.4. The molecule has 0 saturated carbocycles. The number of halogens is 1. The maximum absolute atomic E-state index is 11.8. The number of carbonyl (C=O) groups is 1.